The van der Waals surface area contributed by atoms with E-state index in [4.69, 9.17) is 9.47 Å². The average molecular weight is 335 g/mol. The van der Waals surface area contributed by atoms with Gasteiger partial charge >= 0.3 is 5.97 Å². The second-order valence-electron chi connectivity index (χ2n) is 5.08. The van der Waals surface area contributed by atoms with Gasteiger partial charge in [0.1, 0.15) is 17.2 Å². The number of hydrogen-bond donors (Lipinski definition) is 0. The smallest absolute Gasteiger partial charge is 0.343 e. The highest BCUT2D eigenvalue weighted by molar-refractivity contribution is 5.91. The first-order valence-electron chi connectivity index (χ1n) is 7.41. The minimum Gasteiger partial charge on any atom is -0.457 e. The van der Waals surface area contributed by atoms with Gasteiger partial charge in [-0.2, -0.15) is 0 Å². The molecule has 6 heteroatoms. The molecular formula is C19H13NO5. The van der Waals surface area contributed by atoms with E-state index in [0.717, 1.165) is 0 Å². The topological polar surface area (TPSA) is 78.7 Å². The molecule has 6 nitrogen and oxygen atoms in total. The highest BCUT2D eigenvalue weighted by Crippen LogP contribution is 2.24. The number of nitro benzene ring substituents is 1. The lowest BCUT2D eigenvalue weighted by Gasteiger charge is -2.07. The van der Waals surface area contributed by atoms with Crippen molar-refractivity contribution in [2.75, 3.05) is 0 Å². The molecule has 0 heterocycles. The molecule has 0 amide bonds. The van der Waals surface area contributed by atoms with Gasteiger partial charge in [-0.05, 0) is 48.5 Å². The van der Waals surface area contributed by atoms with E-state index < -0.39 is 10.9 Å². The average Bonchev–Trinajstić information content (AvgIpc) is 2.64. The third kappa shape index (κ3) is 4.20. The molecule has 124 valence electrons. The Hall–Kier alpha value is -3.67. The van der Waals surface area contributed by atoms with Crippen molar-refractivity contribution in [2.45, 2.75) is 0 Å². The molecule has 0 aliphatic carbocycles. The van der Waals surface area contributed by atoms with Crippen molar-refractivity contribution in [2.24, 2.45) is 0 Å². The molecule has 0 saturated carbocycles. The number of carbonyl (C=O) groups is 1. The summed E-state index contributed by atoms with van der Waals surface area (Å²) in [5.41, 5.74) is 0.147. The molecule has 0 spiro atoms. The zero-order valence-corrected chi connectivity index (χ0v) is 13.0. The fraction of sp³-hybridized carbons (Fsp3) is 0. The van der Waals surface area contributed by atoms with E-state index in [1.165, 1.54) is 24.3 Å². The molecule has 3 aromatic rings. The van der Waals surface area contributed by atoms with Gasteiger partial charge in [0, 0.05) is 12.1 Å². The fourth-order valence-electron chi connectivity index (χ4n) is 2.09. The molecule has 3 aromatic carbocycles. The van der Waals surface area contributed by atoms with E-state index in [9.17, 15) is 14.9 Å². The van der Waals surface area contributed by atoms with E-state index in [2.05, 4.69) is 0 Å². The molecule has 0 N–H and O–H groups in total. The maximum Gasteiger partial charge on any atom is 0.343 e. The molecule has 0 unspecified atom stereocenters. The first kappa shape index (κ1) is 16.2. The number of para-hydroxylation sites is 1. The molecule has 0 fully saturated rings. The van der Waals surface area contributed by atoms with E-state index in [-0.39, 0.29) is 11.3 Å². The van der Waals surface area contributed by atoms with Crippen LogP contribution in [0.3, 0.4) is 0 Å². The third-order valence-corrected chi connectivity index (χ3v) is 3.33. The van der Waals surface area contributed by atoms with Crippen LogP contribution in [0.15, 0.2) is 78.9 Å². The van der Waals surface area contributed by atoms with Crippen LogP contribution in [0, 0.1) is 10.1 Å². The summed E-state index contributed by atoms with van der Waals surface area (Å²) in [5, 5.41) is 10.6. The minimum atomic E-state index is -0.591. The summed E-state index contributed by atoms with van der Waals surface area (Å²) < 4.78 is 10.9. The summed E-state index contributed by atoms with van der Waals surface area (Å²) in [6.07, 6.45) is 0. The van der Waals surface area contributed by atoms with Gasteiger partial charge in [0.15, 0.2) is 0 Å². The number of ether oxygens (including phenoxy) is 2. The molecule has 0 atom stereocenters. The van der Waals surface area contributed by atoms with Crippen molar-refractivity contribution in [1.82, 2.24) is 0 Å². The third-order valence-electron chi connectivity index (χ3n) is 3.33. The van der Waals surface area contributed by atoms with E-state index in [1.807, 2.05) is 30.3 Å². The Morgan fingerprint density at radius 3 is 1.92 bits per heavy atom. The summed E-state index contributed by atoms with van der Waals surface area (Å²) in [4.78, 5) is 22.1. The zero-order chi connectivity index (χ0) is 17.6. The van der Waals surface area contributed by atoms with Crippen LogP contribution >= 0.6 is 0 Å². The van der Waals surface area contributed by atoms with Crippen LogP contribution in [-0.4, -0.2) is 10.9 Å². The van der Waals surface area contributed by atoms with Crippen LogP contribution in [0.25, 0.3) is 0 Å². The van der Waals surface area contributed by atoms with Crippen molar-refractivity contribution in [3.8, 4) is 17.2 Å². The van der Waals surface area contributed by atoms with Crippen LogP contribution in [0.5, 0.6) is 17.2 Å². The molecule has 3 rings (SSSR count). The maximum atomic E-state index is 12.0. The standard InChI is InChI=1S/C19H13NO5/c21-19(14-6-8-15(9-7-14)20(22)23)25-18-12-10-17(11-13-18)24-16-4-2-1-3-5-16/h1-13H. The van der Waals surface area contributed by atoms with Gasteiger partial charge in [-0.3, -0.25) is 10.1 Å². The molecule has 0 radical (unpaired) electrons. The quantitative estimate of drug-likeness (QED) is 0.294. The van der Waals surface area contributed by atoms with Crippen LogP contribution in [0.4, 0.5) is 5.69 Å². The van der Waals surface area contributed by atoms with Crippen molar-refractivity contribution in [1.29, 1.82) is 0 Å². The molecule has 0 aliphatic rings. The van der Waals surface area contributed by atoms with Crippen molar-refractivity contribution < 1.29 is 19.2 Å². The van der Waals surface area contributed by atoms with Gasteiger partial charge in [0.05, 0.1) is 10.5 Å². The van der Waals surface area contributed by atoms with Crippen LogP contribution in [-0.2, 0) is 0 Å². The number of rotatable bonds is 5. The van der Waals surface area contributed by atoms with E-state index in [0.29, 0.717) is 17.2 Å². The number of non-ortho nitro benzene ring substituents is 1. The summed E-state index contributed by atoms with van der Waals surface area (Å²) in [6, 6.07) is 21.1. The first-order chi connectivity index (χ1) is 12.1. The number of benzene rings is 3. The molecule has 0 saturated heterocycles. The number of nitrogens with zero attached hydrogens (tertiary/aromatic N) is 1. The van der Waals surface area contributed by atoms with Gasteiger partial charge in [0.25, 0.3) is 5.69 Å². The molecule has 0 aromatic heterocycles. The van der Waals surface area contributed by atoms with Gasteiger partial charge in [0.2, 0.25) is 0 Å². The SMILES string of the molecule is O=C(Oc1ccc(Oc2ccccc2)cc1)c1ccc([N+](=O)[O-])cc1. The van der Waals surface area contributed by atoms with Crippen molar-refractivity contribution >= 4 is 11.7 Å². The number of nitro groups is 1. The maximum absolute atomic E-state index is 12.0. The molecule has 25 heavy (non-hydrogen) atoms. The highest BCUT2D eigenvalue weighted by Gasteiger charge is 2.11. The summed E-state index contributed by atoms with van der Waals surface area (Å²) in [6.45, 7) is 0. The Morgan fingerprint density at radius 1 is 0.760 bits per heavy atom. The van der Waals surface area contributed by atoms with Crippen molar-refractivity contribution in [3.63, 3.8) is 0 Å². The molecule has 0 bridgehead atoms. The Balaban J connectivity index is 1.64. The Bertz CT molecular complexity index is 874. The van der Waals surface area contributed by atoms with Crippen molar-refractivity contribution in [3.05, 3.63) is 94.5 Å². The summed E-state index contributed by atoms with van der Waals surface area (Å²) in [5.74, 6) is 1.08. The monoisotopic (exact) mass is 335 g/mol. The second kappa shape index (κ2) is 7.27. The lowest BCUT2D eigenvalue weighted by molar-refractivity contribution is -0.384. The predicted molar refractivity (Wildman–Crippen MR) is 91.0 cm³/mol. The van der Waals surface area contributed by atoms with Gasteiger partial charge in [-0.15, -0.1) is 0 Å². The Morgan fingerprint density at radius 2 is 1.32 bits per heavy atom. The lowest BCUT2D eigenvalue weighted by Crippen LogP contribution is -2.08. The summed E-state index contributed by atoms with van der Waals surface area (Å²) in [7, 11) is 0. The van der Waals surface area contributed by atoms with E-state index >= 15 is 0 Å². The van der Waals surface area contributed by atoms with Gasteiger partial charge < -0.3 is 9.47 Å². The van der Waals surface area contributed by atoms with Crippen LogP contribution in [0.2, 0.25) is 0 Å². The molecule has 0 aliphatic heterocycles. The highest BCUT2D eigenvalue weighted by atomic mass is 16.6. The van der Waals surface area contributed by atoms with E-state index in [1.54, 1.807) is 24.3 Å². The molecular weight excluding hydrogens is 322 g/mol. The largest absolute Gasteiger partial charge is 0.457 e. The minimum absolute atomic E-state index is 0.0843. The first-order valence-corrected chi connectivity index (χ1v) is 7.41. The predicted octanol–water partition coefficient (Wildman–Crippen LogP) is 4.61. The van der Waals surface area contributed by atoms with Gasteiger partial charge in [-0.1, -0.05) is 18.2 Å². The number of esters is 1. The second-order valence-corrected chi connectivity index (χ2v) is 5.08. The van der Waals surface area contributed by atoms with Crippen LogP contribution < -0.4 is 9.47 Å². The Labute approximate surface area is 143 Å². The summed E-state index contributed by atoms with van der Waals surface area (Å²) >= 11 is 0. The Kier molecular flexibility index (Phi) is 4.71. The lowest BCUT2D eigenvalue weighted by atomic mass is 10.2. The fourth-order valence-corrected chi connectivity index (χ4v) is 2.09. The zero-order valence-electron chi connectivity index (χ0n) is 13.0. The normalized spacial score (nSPS) is 10.1. The number of carbonyl (C=O) groups excluding carboxylic acids is 1. The van der Waals surface area contributed by atoms with Gasteiger partial charge in [-0.25, -0.2) is 4.79 Å². The number of hydrogen-bond acceptors (Lipinski definition) is 5. The van der Waals surface area contributed by atoms with Crippen LogP contribution in [0.1, 0.15) is 10.4 Å².